The van der Waals surface area contributed by atoms with Crippen molar-refractivity contribution in [2.24, 2.45) is 12.5 Å². The molecule has 0 atom stereocenters. The molecule has 4 heteroatoms. The van der Waals surface area contributed by atoms with E-state index in [0.29, 0.717) is 19.4 Å². The number of amides is 1. The van der Waals surface area contributed by atoms with Crippen molar-refractivity contribution in [2.75, 3.05) is 6.54 Å². The predicted octanol–water partition coefficient (Wildman–Crippen LogP) is 2.14. The van der Waals surface area contributed by atoms with E-state index in [1.165, 1.54) is 16.5 Å². The molecule has 1 aromatic carbocycles. The molecular weight excluding hydrogens is 250 g/mol. The zero-order chi connectivity index (χ0) is 14.2. The normalized spacial score (nSPS) is 15.8. The Morgan fingerprint density at radius 3 is 2.90 bits per heavy atom. The molecule has 1 aliphatic rings. The number of aromatic nitrogens is 1. The van der Waals surface area contributed by atoms with Gasteiger partial charge in [0.05, 0.1) is 6.07 Å². The lowest BCUT2D eigenvalue weighted by molar-refractivity contribution is -0.124. The summed E-state index contributed by atoms with van der Waals surface area (Å²) >= 11 is 0. The molecule has 0 saturated heterocycles. The Bertz CT molecular complexity index is 704. The molecule has 1 amide bonds. The highest BCUT2D eigenvalue weighted by Crippen LogP contribution is 2.44. The average Bonchev–Trinajstić information content (AvgIpc) is 3.21. The molecule has 102 valence electrons. The maximum atomic E-state index is 11.9. The minimum atomic E-state index is -0.723. The second-order valence-corrected chi connectivity index (χ2v) is 5.48. The molecule has 0 bridgehead atoms. The van der Waals surface area contributed by atoms with Crippen LogP contribution in [0.3, 0.4) is 0 Å². The first-order valence-electron chi connectivity index (χ1n) is 6.89. The van der Waals surface area contributed by atoms with Crippen molar-refractivity contribution >= 4 is 16.8 Å². The summed E-state index contributed by atoms with van der Waals surface area (Å²) < 4.78 is 2.10. The van der Waals surface area contributed by atoms with Crippen LogP contribution in [0.5, 0.6) is 0 Å². The van der Waals surface area contributed by atoms with Gasteiger partial charge in [-0.05, 0) is 30.9 Å². The molecule has 3 rings (SSSR count). The van der Waals surface area contributed by atoms with Crippen molar-refractivity contribution < 1.29 is 4.79 Å². The Morgan fingerprint density at radius 2 is 2.20 bits per heavy atom. The summed E-state index contributed by atoms with van der Waals surface area (Å²) in [4.78, 5) is 11.9. The van der Waals surface area contributed by atoms with Gasteiger partial charge in [-0.1, -0.05) is 18.2 Å². The monoisotopic (exact) mass is 267 g/mol. The van der Waals surface area contributed by atoms with Gasteiger partial charge < -0.3 is 9.88 Å². The number of rotatable bonds is 4. The van der Waals surface area contributed by atoms with E-state index in [9.17, 15) is 4.79 Å². The highest BCUT2D eigenvalue weighted by molar-refractivity contribution is 5.88. The molecule has 20 heavy (non-hydrogen) atoms. The molecule has 0 unspecified atom stereocenters. The average molecular weight is 267 g/mol. The molecule has 2 aromatic rings. The van der Waals surface area contributed by atoms with Crippen molar-refractivity contribution in [1.82, 2.24) is 9.88 Å². The fourth-order valence-electron chi connectivity index (χ4n) is 2.62. The minimum absolute atomic E-state index is 0.111. The van der Waals surface area contributed by atoms with E-state index < -0.39 is 5.41 Å². The smallest absolute Gasteiger partial charge is 0.240 e. The third-order valence-corrected chi connectivity index (χ3v) is 4.06. The number of nitriles is 1. The van der Waals surface area contributed by atoms with Crippen LogP contribution in [0.15, 0.2) is 30.5 Å². The van der Waals surface area contributed by atoms with E-state index in [0.717, 1.165) is 6.42 Å². The van der Waals surface area contributed by atoms with Crippen molar-refractivity contribution in [3.8, 4) is 6.07 Å². The Hall–Kier alpha value is -2.28. The van der Waals surface area contributed by atoms with Crippen LogP contribution in [0.4, 0.5) is 0 Å². The number of hydrogen-bond acceptors (Lipinski definition) is 2. The topological polar surface area (TPSA) is 57.8 Å². The number of carbonyl (C=O) groups is 1. The third-order valence-electron chi connectivity index (χ3n) is 4.06. The number of para-hydroxylation sites is 1. The summed E-state index contributed by atoms with van der Waals surface area (Å²) in [5, 5.41) is 13.1. The summed E-state index contributed by atoms with van der Waals surface area (Å²) in [5.41, 5.74) is 1.70. The Kier molecular flexibility index (Phi) is 2.98. The van der Waals surface area contributed by atoms with Gasteiger partial charge in [0.2, 0.25) is 5.91 Å². The largest absolute Gasteiger partial charge is 0.354 e. The van der Waals surface area contributed by atoms with Crippen LogP contribution in [0, 0.1) is 16.7 Å². The molecule has 0 radical (unpaired) electrons. The zero-order valence-corrected chi connectivity index (χ0v) is 11.5. The van der Waals surface area contributed by atoms with Crippen LogP contribution in [-0.4, -0.2) is 17.0 Å². The molecule has 0 aliphatic heterocycles. The summed E-state index contributed by atoms with van der Waals surface area (Å²) in [6, 6.07) is 10.4. The number of aryl methyl sites for hydroxylation is 1. The predicted molar refractivity (Wildman–Crippen MR) is 76.9 cm³/mol. The maximum absolute atomic E-state index is 11.9. The van der Waals surface area contributed by atoms with Crippen LogP contribution >= 0.6 is 0 Å². The Morgan fingerprint density at radius 1 is 1.45 bits per heavy atom. The van der Waals surface area contributed by atoms with Gasteiger partial charge in [-0.3, -0.25) is 4.79 Å². The first-order chi connectivity index (χ1) is 9.66. The Labute approximate surface area is 118 Å². The SMILES string of the molecule is Cn1cc(CCNC(=O)C2(C#N)CC2)c2ccccc21. The van der Waals surface area contributed by atoms with Gasteiger partial charge in [0, 0.05) is 30.7 Å². The highest BCUT2D eigenvalue weighted by Gasteiger charge is 2.50. The molecule has 4 nitrogen and oxygen atoms in total. The number of nitrogens with one attached hydrogen (secondary N) is 1. The van der Waals surface area contributed by atoms with Crippen molar-refractivity contribution in [3.63, 3.8) is 0 Å². The van der Waals surface area contributed by atoms with Crippen molar-refractivity contribution in [1.29, 1.82) is 5.26 Å². The standard InChI is InChI=1S/C16H17N3O/c1-19-10-12(13-4-2-3-5-14(13)19)6-9-18-15(20)16(11-17)7-8-16/h2-5,10H,6-9H2,1H3,(H,18,20). The maximum Gasteiger partial charge on any atom is 0.240 e. The lowest BCUT2D eigenvalue weighted by Crippen LogP contribution is -2.32. The van der Waals surface area contributed by atoms with Crippen LogP contribution in [-0.2, 0) is 18.3 Å². The lowest BCUT2D eigenvalue weighted by Gasteiger charge is -2.07. The van der Waals surface area contributed by atoms with Crippen molar-refractivity contribution in [2.45, 2.75) is 19.3 Å². The molecule has 0 spiro atoms. The third kappa shape index (κ3) is 2.05. The van der Waals surface area contributed by atoms with Gasteiger partial charge in [-0.25, -0.2) is 0 Å². The van der Waals surface area contributed by atoms with E-state index in [1.807, 2.05) is 19.2 Å². The van der Waals surface area contributed by atoms with Gasteiger partial charge in [-0.2, -0.15) is 5.26 Å². The van der Waals surface area contributed by atoms with E-state index in [-0.39, 0.29) is 5.91 Å². The van der Waals surface area contributed by atoms with E-state index in [2.05, 4.69) is 34.3 Å². The number of nitrogens with zero attached hydrogens (tertiary/aromatic N) is 2. The summed E-state index contributed by atoms with van der Waals surface area (Å²) in [6.45, 7) is 0.580. The number of hydrogen-bond donors (Lipinski definition) is 1. The highest BCUT2D eigenvalue weighted by atomic mass is 16.2. The van der Waals surface area contributed by atoms with Gasteiger partial charge in [0.25, 0.3) is 0 Å². The molecule has 1 fully saturated rings. The fourth-order valence-corrected chi connectivity index (χ4v) is 2.62. The first-order valence-corrected chi connectivity index (χ1v) is 6.89. The van der Waals surface area contributed by atoms with Crippen LogP contribution < -0.4 is 5.32 Å². The first kappa shape index (κ1) is 12.7. The second-order valence-electron chi connectivity index (χ2n) is 5.48. The van der Waals surface area contributed by atoms with Crippen LogP contribution in [0.25, 0.3) is 10.9 Å². The van der Waals surface area contributed by atoms with Gasteiger partial charge >= 0.3 is 0 Å². The Balaban J connectivity index is 1.66. The molecule has 1 aromatic heterocycles. The second kappa shape index (κ2) is 4.68. The molecule has 1 N–H and O–H groups in total. The number of carbonyl (C=O) groups excluding carboxylic acids is 1. The summed E-state index contributed by atoms with van der Waals surface area (Å²) in [5.74, 6) is -0.111. The molecule has 1 heterocycles. The summed E-state index contributed by atoms with van der Waals surface area (Å²) in [6.07, 6.45) is 4.29. The molecule has 1 aliphatic carbocycles. The van der Waals surface area contributed by atoms with E-state index in [4.69, 9.17) is 5.26 Å². The zero-order valence-electron chi connectivity index (χ0n) is 11.5. The van der Waals surface area contributed by atoms with Gasteiger partial charge in [0.1, 0.15) is 5.41 Å². The lowest BCUT2D eigenvalue weighted by atomic mass is 10.1. The van der Waals surface area contributed by atoms with Gasteiger partial charge in [-0.15, -0.1) is 0 Å². The molecule has 1 saturated carbocycles. The van der Waals surface area contributed by atoms with Crippen molar-refractivity contribution in [3.05, 3.63) is 36.0 Å². The summed E-state index contributed by atoms with van der Waals surface area (Å²) in [7, 11) is 2.03. The van der Waals surface area contributed by atoms with Gasteiger partial charge in [0.15, 0.2) is 0 Å². The number of benzene rings is 1. The van der Waals surface area contributed by atoms with E-state index in [1.54, 1.807) is 0 Å². The number of fused-ring (bicyclic) bond motifs is 1. The van der Waals surface area contributed by atoms with E-state index >= 15 is 0 Å². The molecular formula is C16H17N3O. The van der Waals surface area contributed by atoms with Crippen LogP contribution in [0.2, 0.25) is 0 Å². The minimum Gasteiger partial charge on any atom is -0.354 e. The fraction of sp³-hybridized carbons (Fsp3) is 0.375. The van der Waals surface area contributed by atoms with Crippen LogP contribution in [0.1, 0.15) is 18.4 Å². The quantitative estimate of drug-likeness (QED) is 0.922.